The van der Waals surface area contributed by atoms with Gasteiger partial charge in [-0.15, -0.1) is 0 Å². The fourth-order valence-electron chi connectivity index (χ4n) is 7.38. The lowest BCUT2D eigenvalue weighted by Crippen LogP contribution is -2.53. The van der Waals surface area contributed by atoms with Crippen molar-refractivity contribution >= 4 is 52.5 Å². The van der Waals surface area contributed by atoms with Gasteiger partial charge in [-0.3, -0.25) is 14.5 Å². The molecule has 46 heavy (non-hydrogen) atoms. The average Bonchev–Trinajstić information content (AvgIpc) is 3.62. The van der Waals surface area contributed by atoms with Gasteiger partial charge in [0.2, 0.25) is 5.91 Å². The van der Waals surface area contributed by atoms with Crippen LogP contribution >= 0.6 is 23.2 Å². The van der Waals surface area contributed by atoms with Crippen LogP contribution in [0.2, 0.25) is 10.2 Å². The summed E-state index contributed by atoms with van der Waals surface area (Å²) in [5, 5.41) is 12.3. The quantitative estimate of drug-likeness (QED) is 0.230. The molecule has 4 aromatic rings. The Morgan fingerprint density at radius 3 is 2.59 bits per heavy atom. The van der Waals surface area contributed by atoms with E-state index in [9.17, 15) is 19.5 Å². The number of ether oxygens (including phenoxy) is 1. The smallest absolute Gasteiger partial charge is 0.335 e. The van der Waals surface area contributed by atoms with Gasteiger partial charge in [0.15, 0.2) is 0 Å². The Kier molecular flexibility index (Phi) is 7.46. The molecule has 9 nitrogen and oxygen atoms in total. The SMILES string of the molecule is CCOc1cccc(CN2[C@H]3CN(c4ccc(C(=O)O)cc4)C(=O)[C@H]3[C@H](c3cccc(Cl)c3F)[C@]23C(=O)Nc2nc(Cl)ccc23)c1. The van der Waals surface area contributed by atoms with Crippen LogP contribution in [0.1, 0.15) is 39.9 Å². The van der Waals surface area contributed by atoms with E-state index in [1.165, 1.54) is 18.2 Å². The molecule has 3 aromatic carbocycles. The number of benzene rings is 3. The molecule has 12 heteroatoms. The van der Waals surface area contributed by atoms with E-state index in [2.05, 4.69) is 10.3 Å². The molecule has 1 aromatic heterocycles. The zero-order valence-electron chi connectivity index (χ0n) is 24.4. The predicted octanol–water partition coefficient (Wildman–Crippen LogP) is 6.10. The number of pyridine rings is 1. The molecular weight excluding hydrogens is 634 g/mol. The van der Waals surface area contributed by atoms with Crippen LogP contribution in [-0.4, -0.2) is 52.0 Å². The lowest BCUT2D eigenvalue weighted by Gasteiger charge is -2.41. The Hall–Kier alpha value is -4.51. The number of halogens is 3. The number of carboxylic acid groups (broad SMARTS) is 1. The molecule has 4 heterocycles. The molecule has 0 unspecified atom stereocenters. The van der Waals surface area contributed by atoms with Crippen LogP contribution < -0.4 is 15.0 Å². The fourth-order valence-corrected chi connectivity index (χ4v) is 7.71. The van der Waals surface area contributed by atoms with Crippen LogP contribution in [-0.2, 0) is 21.7 Å². The van der Waals surface area contributed by atoms with Gasteiger partial charge in [-0.25, -0.2) is 14.2 Å². The lowest BCUT2D eigenvalue weighted by atomic mass is 9.71. The van der Waals surface area contributed by atoms with Crippen molar-refractivity contribution in [3.63, 3.8) is 0 Å². The Bertz CT molecular complexity index is 1910. The molecule has 2 fully saturated rings. The number of aromatic nitrogens is 1. The topological polar surface area (TPSA) is 112 Å². The normalized spacial score (nSPS) is 23.5. The van der Waals surface area contributed by atoms with Gasteiger partial charge in [0.1, 0.15) is 28.1 Å². The highest BCUT2D eigenvalue weighted by Crippen LogP contribution is 2.62. The minimum absolute atomic E-state index is 0.0784. The number of carbonyl (C=O) groups excluding carboxylic acids is 2. The first kappa shape index (κ1) is 30.2. The maximum absolute atomic E-state index is 16.2. The lowest BCUT2D eigenvalue weighted by molar-refractivity contribution is -0.128. The summed E-state index contributed by atoms with van der Waals surface area (Å²) in [6.07, 6.45) is 0. The van der Waals surface area contributed by atoms with Crippen molar-refractivity contribution in [1.29, 1.82) is 0 Å². The van der Waals surface area contributed by atoms with Gasteiger partial charge in [0, 0.05) is 36.3 Å². The molecule has 1 spiro atoms. The number of fused-ring (bicyclic) bond motifs is 3. The molecule has 234 valence electrons. The van der Waals surface area contributed by atoms with Gasteiger partial charge in [0.25, 0.3) is 5.91 Å². The van der Waals surface area contributed by atoms with E-state index in [4.69, 9.17) is 27.9 Å². The zero-order chi connectivity index (χ0) is 32.3. The number of hydrogen-bond donors (Lipinski definition) is 2. The van der Waals surface area contributed by atoms with E-state index in [0.29, 0.717) is 23.6 Å². The van der Waals surface area contributed by atoms with Crippen LogP contribution in [0.4, 0.5) is 15.9 Å². The second kappa shape index (κ2) is 11.4. The van der Waals surface area contributed by atoms with Crippen LogP contribution in [0, 0.1) is 11.7 Å². The number of carboxylic acids is 1. The van der Waals surface area contributed by atoms with Crippen LogP contribution in [0.5, 0.6) is 5.75 Å². The summed E-state index contributed by atoms with van der Waals surface area (Å²) in [7, 11) is 0. The summed E-state index contributed by atoms with van der Waals surface area (Å²) in [6.45, 7) is 2.71. The van der Waals surface area contributed by atoms with E-state index in [-0.39, 0.29) is 46.1 Å². The summed E-state index contributed by atoms with van der Waals surface area (Å²) >= 11 is 12.6. The molecule has 2 saturated heterocycles. The number of carbonyl (C=O) groups is 3. The monoisotopic (exact) mass is 660 g/mol. The first-order valence-corrected chi connectivity index (χ1v) is 15.5. The summed E-state index contributed by atoms with van der Waals surface area (Å²) in [5.74, 6) is -3.61. The zero-order valence-corrected chi connectivity index (χ0v) is 25.9. The Morgan fingerprint density at radius 1 is 1.09 bits per heavy atom. The van der Waals surface area contributed by atoms with Gasteiger partial charge >= 0.3 is 5.97 Å². The number of aromatic carboxylic acids is 1. The third kappa shape index (κ3) is 4.54. The molecule has 0 aliphatic carbocycles. The van der Waals surface area contributed by atoms with Gasteiger partial charge in [-0.1, -0.05) is 47.5 Å². The summed E-state index contributed by atoms with van der Waals surface area (Å²) in [6, 6.07) is 20.8. The van der Waals surface area contributed by atoms with Crippen molar-refractivity contribution in [1.82, 2.24) is 9.88 Å². The third-order valence-electron chi connectivity index (χ3n) is 9.15. The van der Waals surface area contributed by atoms with E-state index >= 15 is 4.39 Å². The first-order chi connectivity index (χ1) is 22.1. The molecule has 4 atom stereocenters. The number of anilines is 2. The molecule has 3 aliphatic rings. The number of rotatable bonds is 7. The standard InChI is InChI=1S/C34H27Cl2FN4O5/c1-2-46-21-6-3-5-18(15-21)16-41-25-17-40(20-11-9-19(10-12-20)32(43)44)31(42)27(25)28(22-7-4-8-24(35)29(22)37)34(41)23-13-14-26(36)38-30(23)39-33(34)45/h3-15,25,27-28H,2,16-17H2,1H3,(H,43,44)(H,38,39,45)/t25-,27+,28-,34+/m0/s1. The minimum Gasteiger partial charge on any atom is -0.494 e. The van der Waals surface area contributed by atoms with Gasteiger partial charge in [-0.05, 0) is 72.6 Å². The molecule has 2 N–H and O–H groups in total. The van der Waals surface area contributed by atoms with Crippen molar-refractivity contribution in [3.8, 4) is 5.75 Å². The number of amides is 2. The molecule has 0 saturated carbocycles. The number of hydrogen-bond acceptors (Lipinski definition) is 6. The van der Waals surface area contributed by atoms with E-state index in [0.717, 1.165) is 5.56 Å². The van der Waals surface area contributed by atoms with Crippen molar-refractivity contribution in [2.45, 2.75) is 31.0 Å². The maximum atomic E-state index is 16.2. The summed E-state index contributed by atoms with van der Waals surface area (Å²) < 4.78 is 21.9. The van der Waals surface area contributed by atoms with Crippen LogP contribution in [0.15, 0.2) is 78.9 Å². The highest BCUT2D eigenvalue weighted by Gasteiger charge is 2.71. The summed E-state index contributed by atoms with van der Waals surface area (Å²) in [4.78, 5) is 48.5. The molecule has 3 aliphatic heterocycles. The van der Waals surface area contributed by atoms with Crippen LogP contribution in [0.3, 0.4) is 0 Å². The van der Waals surface area contributed by atoms with E-state index in [1.54, 1.807) is 41.3 Å². The minimum atomic E-state index is -1.57. The van der Waals surface area contributed by atoms with Gasteiger partial charge in [0.05, 0.1) is 23.1 Å². The Morgan fingerprint density at radius 2 is 1.85 bits per heavy atom. The molecule has 2 amide bonds. The highest BCUT2D eigenvalue weighted by atomic mass is 35.5. The number of likely N-dealkylation sites (tertiary alicyclic amines) is 1. The molecule has 7 rings (SSSR count). The fraction of sp³-hybridized carbons (Fsp3) is 0.235. The van der Waals surface area contributed by atoms with Crippen molar-refractivity contribution in [3.05, 3.63) is 117 Å². The van der Waals surface area contributed by atoms with E-state index in [1.807, 2.05) is 36.1 Å². The second-order valence-electron chi connectivity index (χ2n) is 11.5. The molecular formula is C34H27Cl2FN4O5. The van der Waals surface area contributed by atoms with Gasteiger partial charge in [-0.2, -0.15) is 0 Å². The van der Waals surface area contributed by atoms with Crippen LogP contribution in [0.25, 0.3) is 0 Å². The largest absolute Gasteiger partial charge is 0.494 e. The van der Waals surface area contributed by atoms with E-state index < -0.39 is 41.1 Å². The maximum Gasteiger partial charge on any atom is 0.335 e. The molecule has 0 radical (unpaired) electrons. The third-order valence-corrected chi connectivity index (χ3v) is 9.66. The predicted molar refractivity (Wildman–Crippen MR) is 170 cm³/mol. The van der Waals surface area contributed by atoms with Crippen molar-refractivity contribution < 1.29 is 28.6 Å². The average molecular weight is 662 g/mol. The van der Waals surface area contributed by atoms with Crippen molar-refractivity contribution in [2.75, 3.05) is 23.4 Å². The van der Waals surface area contributed by atoms with Gasteiger partial charge < -0.3 is 20.1 Å². The summed E-state index contributed by atoms with van der Waals surface area (Å²) in [5.41, 5.74) is 0.427. The number of nitrogens with zero attached hydrogens (tertiary/aromatic N) is 3. The Labute approximate surface area is 273 Å². The Balaban J connectivity index is 1.45. The highest BCUT2D eigenvalue weighted by molar-refractivity contribution is 6.31. The molecule has 0 bridgehead atoms. The van der Waals surface area contributed by atoms with Crippen molar-refractivity contribution in [2.24, 2.45) is 5.92 Å². The first-order valence-electron chi connectivity index (χ1n) is 14.7. The number of nitrogens with one attached hydrogen (secondary N) is 1. The second-order valence-corrected chi connectivity index (χ2v) is 12.3.